The van der Waals surface area contributed by atoms with Gasteiger partial charge >= 0.3 is 0 Å². The van der Waals surface area contributed by atoms with E-state index in [0.29, 0.717) is 6.04 Å². The summed E-state index contributed by atoms with van der Waals surface area (Å²) in [7, 11) is 0. The fourth-order valence-electron chi connectivity index (χ4n) is 2.56. The third kappa shape index (κ3) is 4.87. The van der Waals surface area contributed by atoms with Gasteiger partial charge in [-0.05, 0) is 37.5 Å². The van der Waals surface area contributed by atoms with E-state index in [-0.39, 0.29) is 5.91 Å². The number of thioether (sulfide) groups is 1. The van der Waals surface area contributed by atoms with Gasteiger partial charge in [0.05, 0.1) is 0 Å². The summed E-state index contributed by atoms with van der Waals surface area (Å²) < 4.78 is 0.783. The van der Waals surface area contributed by atoms with Gasteiger partial charge in [-0.1, -0.05) is 71.1 Å². The molecule has 1 atom stereocenters. The number of amides is 1. The van der Waals surface area contributed by atoms with Crippen molar-refractivity contribution < 1.29 is 4.79 Å². The van der Waals surface area contributed by atoms with Gasteiger partial charge in [-0.15, -0.1) is 10.2 Å². The van der Waals surface area contributed by atoms with Gasteiger partial charge in [-0.3, -0.25) is 4.79 Å². The van der Waals surface area contributed by atoms with Gasteiger partial charge in [0, 0.05) is 11.7 Å². The maximum atomic E-state index is 13.0. The Morgan fingerprint density at radius 3 is 2.56 bits per heavy atom. The zero-order chi connectivity index (χ0) is 18.6. The third-order valence-corrected chi connectivity index (χ3v) is 6.38. The SMILES string of the molecule is Cc1ccc(NC(=O)C(Sc2nnc(NC3CC3)s2)c2ccccc2)cc1. The van der Waals surface area contributed by atoms with Crippen molar-refractivity contribution in [1.82, 2.24) is 10.2 Å². The molecule has 1 aliphatic carbocycles. The van der Waals surface area contributed by atoms with Gasteiger partial charge in [0.2, 0.25) is 11.0 Å². The molecule has 2 aromatic carbocycles. The zero-order valence-electron chi connectivity index (χ0n) is 14.9. The molecule has 3 aromatic rings. The highest BCUT2D eigenvalue weighted by Crippen LogP contribution is 2.39. The summed E-state index contributed by atoms with van der Waals surface area (Å²) in [4.78, 5) is 13.0. The van der Waals surface area contributed by atoms with E-state index in [0.717, 1.165) is 26.3 Å². The van der Waals surface area contributed by atoms with Crippen LogP contribution in [-0.2, 0) is 4.79 Å². The van der Waals surface area contributed by atoms with Crippen molar-refractivity contribution in [3.63, 3.8) is 0 Å². The maximum Gasteiger partial charge on any atom is 0.242 e. The number of aromatic nitrogens is 2. The third-order valence-electron chi connectivity index (χ3n) is 4.19. The van der Waals surface area contributed by atoms with Crippen molar-refractivity contribution in [3.05, 3.63) is 65.7 Å². The van der Waals surface area contributed by atoms with Crippen LogP contribution in [0.25, 0.3) is 0 Å². The van der Waals surface area contributed by atoms with Crippen LogP contribution >= 0.6 is 23.1 Å². The first-order valence-electron chi connectivity index (χ1n) is 8.86. The molecule has 27 heavy (non-hydrogen) atoms. The number of hydrogen-bond acceptors (Lipinski definition) is 6. The van der Waals surface area contributed by atoms with Crippen LogP contribution in [0, 0.1) is 6.92 Å². The molecule has 7 heteroatoms. The van der Waals surface area contributed by atoms with Gasteiger partial charge in [-0.2, -0.15) is 0 Å². The molecule has 1 saturated carbocycles. The van der Waals surface area contributed by atoms with Crippen LogP contribution in [0.1, 0.15) is 29.2 Å². The van der Waals surface area contributed by atoms with E-state index in [4.69, 9.17) is 0 Å². The molecule has 0 saturated heterocycles. The van der Waals surface area contributed by atoms with Crippen molar-refractivity contribution in [3.8, 4) is 0 Å². The Hall–Kier alpha value is -2.38. The fraction of sp³-hybridized carbons (Fsp3) is 0.250. The molecule has 0 aliphatic heterocycles. The topological polar surface area (TPSA) is 66.9 Å². The maximum absolute atomic E-state index is 13.0. The Balaban J connectivity index is 1.52. The number of aryl methyl sites for hydroxylation is 1. The Bertz CT molecular complexity index is 907. The van der Waals surface area contributed by atoms with Gasteiger partial charge < -0.3 is 10.6 Å². The van der Waals surface area contributed by atoms with Crippen molar-refractivity contribution in [2.24, 2.45) is 0 Å². The Kier molecular flexibility index (Phi) is 5.40. The second-order valence-electron chi connectivity index (χ2n) is 6.56. The average molecular weight is 397 g/mol. The first-order valence-corrected chi connectivity index (χ1v) is 10.6. The average Bonchev–Trinajstić information content (AvgIpc) is 3.39. The Labute approximate surface area is 166 Å². The standard InChI is InChI=1S/C20H20N4OS2/c1-13-7-9-15(10-8-13)21-18(25)17(14-5-3-2-4-6-14)26-20-24-23-19(27-20)22-16-11-12-16/h2-10,16-17H,11-12H2,1H3,(H,21,25)(H,22,23). The Morgan fingerprint density at radius 2 is 1.85 bits per heavy atom. The van der Waals surface area contributed by atoms with Crippen molar-refractivity contribution >= 4 is 39.8 Å². The predicted molar refractivity (Wildman–Crippen MR) is 111 cm³/mol. The monoisotopic (exact) mass is 396 g/mol. The minimum atomic E-state index is -0.394. The number of anilines is 2. The Morgan fingerprint density at radius 1 is 1.11 bits per heavy atom. The van der Waals surface area contributed by atoms with Crippen molar-refractivity contribution in [1.29, 1.82) is 0 Å². The van der Waals surface area contributed by atoms with Gasteiger partial charge in [0.15, 0.2) is 4.34 Å². The molecular formula is C20H20N4OS2. The summed E-state index contributed by atoms with van der Waals surface area (Å²) in [6.45, 7) is 2.02. The predicted octanol–water partition coefficient (Wildman–Crippen LogP) is 4.89. The molecule has 0 radical (unpaired) electrons. The smallest absolute Gasteiger partial charge is 0.242 e. The van der Waals surface area contributed by atoms with E-state index in [1.165, 1.54) is 35.9 Å². The molecule has 4 rings (SSSR count). The second kappa shape index (κ2) is 8.10. The van der Waals surface area contributed by atoms with E-state index < -0.39 is 5.25 Å². The second-order valence-corrected chi connectivity index (χ2v) is 8.89. The molecule has 0 bridgehead atoms. The number of rotatable bonds is 7. The first-order chi connectivity index (χ1) is 13.2. The lowest BCUT2D eigenvalue weighted by Gasteiger charge is -2.15. The molecule has 2 N–H and O–H groups in total. The van der Waals surface area contributed by atoms with Gasteiger partial charge in [0.25, 0.3) is 0 Å². The molecule has 1 unspecified atom stereocenters. The van der Waals surface area contributed by atoms with Crippen LogP contribution in [0.3, 0.4) is 0 Å². The molecule has 1 amide bonds. The van der Waals surface area contributed by atoms with Gasteiger partial charge in [-0.25, -0.2) is 0 Å². The number of nitrogens with one attached hydrogen (secondary N) is 2. The summed E-state index contributed by atoms with van der Waals surface area (Å²) in [5.41, 5.74) is 2.89. The highest BCUT2D eigenvalue weighted by atomic mass is 32.2. The van der Waals surface area contributed by atoms with E-state index in [9.17, 15) is 4.79 Å². The molecule has 1 fully saturated rings. The van der Waals surface area contributed by atoms with Crippen LogP contribution < -0.4 is 10.6 Å². The first kappa shape index (κ1) is 18.0. The summed E-state index contributed by atoms with van der Waals surface area (Å²) in [5.74, 6) is -0.0676. The van der Waals surface area contributed by atoms with Crippen LogP contribution in [0.5, 0.6) is 0 Å². The molecule has 1 aliphatic rings. The number of carbonyl (C=O) groups is 1. The zero-order valence-corrected chi connectivity index (χ0v) is 16.5. The number of nitrogens with zero attached hydrogens (tertiary/aromatic N) is 2. The van der Waals surface area contributed by atoms with Crippen LogP contribution in [0.15, 0.2) is 58.9 Å². The van der Waals surface area contributed by atoms with E-state index >= 15 is 0 Å². The van der Waals surface area contributed by atoms with E-state index in [2.05, 4.69) is 20.8 Å². The van der Waals surface area contributed by atoms with Crippen LogP contribution in [-0.4, -0.2) is 22.1 Å². The van der Waals surface area contributed by atoms with E-state index in [1.54, 1.807) is 0 Å². The van der Waals surface area contributed by atoms with Crippen LogP contribution in [0.2, 0.25) is 0 Å². The largest absolute Gasteiger partial charge is 0.357 e. The molecule has 1 aromatic heterocycles. The number of hydrogen-bond donors (Lipinski definition) is 2. The normalized spacial score (nSPS) is 14.6. The van der Waals surface area contributed by atoms with Crippen LogP contribution in [0.4, 0.5) is 10.8 Å². The minimum Gasteiger partial charge on any atom is -0.357 e. The summed E-state index contributed by atoms with van der Waals surface area (Å²) >= 11 is 2.93. The lowest BCUT2D eigenvalue weighted by atomic mass is 10.1. The molecule has 0 spiro atoms. The van der Waals surface area contributed by atoms with E-state index in [1.807, 2.05) is 61.5 Å². The molecular weight excluding hydrogens is 376 g/mol. The van der Waals surface area contributed by atoms with Gasteiger partial charge in [0.1, 0.15) is 5.25 Å². The summed E-state index contributed by atoms with van der Waals surface area (Å²) in [6, 6.07) is 18.1. The lowest BCUT2D eigenvalue weighted by Crippen LogP contribution is -2.19. The number of carbonyl (C=O) groups excluding carboxylic acids is 1. The summed E-state index contributed by atoms with van der Waals surface area (Å²) in [6.07, 6.45) is 2.38. The molecule has 5 nitrogen and oxygen atoms in total. The quantitative estimate of drug-likeness (QED) is 0.557. The molecule has 138 valence electrons. The fourth-order valence-corrected chi connectivity index (χ4v) is 4.59. The summed E-state index contributed by atoms with van der Waals surface area (Å²) in [5, 5.41) is 15.3. The highest BCUT2D eigenvalue weighted by molar-refractivity contribution is 8.02. The van der Waals surface area contributed by atoms with Crippen molar-refractivity contribution in [2.75, 3.05) is 10.6 Å². The van der Waals surface area contributed by atoms with Crippen molar-refractivity contribution in [2.45, 2.75) is 35.4 Å². The highest BCUT2D eigenvalue weighted by Gasteiger charge is 2.26. The lowest BCUT2D eigenvalue weighted by molar-refractivity contribution is -0.115. The molecule has 1 heterocycles. The number of benzene rings is 2. The minimum absolute atomic E-state index is 0.0676.